The Hall–Kier alpha value is 1.67. The fourth-order valence-electron chi connectivity index (χ4n) is 5.59. The van der Waals surface area contributed by atoms with Crippen LogP contribution < -0.4 is 0 Å². The number of unbranched alkanes of at least 4 members (excludes halogenated alkanes) is 22. The Bertz CT molecular complexity index is 1070. The van der Waals surface area contributed by atoms with Gasteiger partial charge in [0, 0.05) is 12.8 Å². The predicted octanol–water partition coefficient (Wildman–Crippen LogP) is 8.25. The molecule has 0 fully saturated rings. The molecule has 0 rings (SSSR count). The van der Waals surface area contributed by atoms with Crippen molar-refractivity contribution in [2.45, 2.75) is 205 Å². The SMILES string of the molecule is CCCCCCCC/C=C\CCCCCCCC(=O)OC(=O)CC(C(=O)OC(=O)CCCCCCC/C=C\CCCCCCCC)S(=O)(=O)O.[NaH].[NaH].[NaH].[NaH]. The molecule has 0 saturated carbocycles. The zero-order valence-corrected chi connectivity index (χ0v) is 32.3. The first kappa shape index (κ1) is 64.8. The van der Waals surface area contributed by atoms with Gasteiger partial charge in [-0.05, 0) is 64.2 Å². The van der Waals surface area contributed by atoms with Crippen molar-refractivity contribution < 1.29 is 41.6 Å². The molecule has 0 radical (unpaired) electrons. The molecule has 0 aromatic heterocycles. The molecule has 0 spiro atoms. The molecule has 298 valence electrons. The summed E-state index contributed by atoms with van der Waals surface area (Å²) >= 11 is 0. The van der Waals surface area contributed by atoms with Crippen LogP contribution in [0.15, 0.2) is 24.3 Å². The number of allylic oxidation sites excluding steroid dienone is 4. The van der Waals surface area contributed by atoms with Crippen LogP contribution in [0.5, 0.6) is 0 Å². The van der Waals surface area contributed by atoms with Gasteiger partial charge in [-0.25, -0.2) is 0 Å². The molecule has 1 unspecified atom stereocenters. The van der Waals surface area contributed by atoms with Gasteiger partial charge in [-0.2, -0.15) is 8.42 Å². The Kier molecular flexibility index (Phi) is 56.8. The van der Waals surface area contributed by atoms with Crippen molar-refractivity contribution in [3.63, 3.8) is 0 Å². The molecule has 0 saturated heterocycles. The van der Waals surface area contributed by atoms with E-state index < -0.39 is 45.7 Å². The fraction of sp³-hybridized carbons (Fsp3) is 0.800. The van der Waals surface area contributed by atoms with Gasteiger partial charge in [0.25, 0.3) is 10.1 Å². The minimum atomic E-state index is -5.08. The third kappa shape index (κ3) is 44.8. The van der Waals surface area contributed by atoms with E-state index in [1.807, 2.05) is 0 Å². The zero-order valence-electron chi connectivity index (χ0n) is 31.5. The molecule has 0 aromatic rings. The van der Waals surface area contributed by atoms with Crippen molar-refractivity contribution >= 4 is 152 Å². The van der Waals surface area contributed by atoms with Crippen molar-refractivity contribution in [3.05, 3.63) is 24.3 Å². The van der Waals surface area contributed by atoms with Crippen LogP contribution in [0.2, 0.25) is 0 Å². The van der Waals surface area contributed by atoms with Crippen LogP contribution >= 0.6 is 0 Å². The van der Waals surface area contributed by atoms with Gasteiger partial charge < -0.3 is 9.47 Å². The standard InChI is InChI=1S/C40H70O9S.4Na.4H/c1-3-5-7-9-11-13-15-17-19-21-23-25-27-29-31-33-37(41)48-39(43)35-36(50(45,46)47)40(44)49-38(42)34-32-30-28-26-24-22-20-18-16-14-12-10-8-6-4-2;;;;;;;;/h17-20,36H,3-16,21-35H2,1-2H3,(H,45,46,47);;;;;;;;/b19-17-,20-18-;;;;;;;;. The molecular formula is C40H74Na4O9S. The third-order valence-electron chi connectivity index (χ3n) is 8.70. The molecule has 0 aliphatic rings. The van der Waals surface area contributed by atoms with Gasteiger partial charge >= 0.3 is 142 Å². The summed E-state index contributed by atoms with van der Waals surface area (Å²) in [6.07, 6.45) is 36.1. The fourth-order valence-corrected chi connectivity index (χ4v) is 6.23. The van der Waals surface area contributed by atoms with Crippen molar-refractivity contribution in [3.8, 4) is 0 Å². The number of ether oxygens (including phenoxy) is 2. The van der Waals surface area contributed by atoms with Gasteiger partial charge in [0.05, 0.1) is 6.42 Å². The first-order chi connectivity index (χ1) is 24.1. The number of hydrogen-bond acceptors (Lipinski definition) is 8. The first-order valence-corrected chi connectivity index (χ1v) is 21.4. The van der Waals surface area contributed by atoms with Gasteiger partial charge in [0.15, 0.2) is 5.25 Å². The number of esters is 4. The second-order valence-corrected chi connectivity index (χ2v) is 15.1. The Morgan fingerprint density at radius 3 is 1.09 bits per heavy atom. The maximum absolute atomic E-state index is 12.3. The van der Waals surface area contributed by atoms with E-state index in [1.165, 1.54) is 77.0 Å². The second kappa shape index (κ2) is 47.3. The summed E-state index contributed by atoms with van der Waals surface area (Å²) in [7, 11) is -5.08. The molecule has 0 aliphatic heterocycles. The van der Waals surface area contributed by atoms with Gasteiger partial charge in [0.1, 0.15) is 0 Å². The van der Waals surface area contributed by atoms with Crippen LogP contribution in [0.4, 0.5) is 0 Å². The molecule has 0 heterocycles. The summed E-state index contributed by atoms with van der Waals surface area (Å²) in [6, 6.07) is 0. The van der Waals surface area contributed by atoms with Crippen LogP contribution in [0.1, 0.15) is 200 Å². The predicted molar refractivity (Wildman–Crippen MR) is 230 cm³/mol. The van der Waals surface area contributed by atoms with Crippen molar-refractivity contribution in [2.75, 3.05) is 0 Å². The molecule has 0 bridgehead atoms. The molecular weight excluding hydrogens is 748 g/mol. The van der Waals surface area contributed by atoms with Crippen LogP contribution in [-0.2, 0) is 38.8 Å². The average Bonchev–Trinajstić information content (AvgIpc) is 3.06. The first-order valence-electron chi connectivity index (χ1n) is 19.9. The van der Waals surface area contributed by atoms with E-state index in [0.29, 0.717) is 12.8 Å². The topological polar surface area (TPSA) is 141 Å². The van der Waals surface area contributed by atoms with E-state index in [9.17, 15) is 32.1 Å². The summed E-state index contributed by atoms with van der Waals surface area (Å²) in [6.45, 7) is 4.45. The molecule has 1 atom stereocenters. The van der Waals surface area contributed by atoms with E-state index in [4.69, 9.17) is 0 Å². The Balaban J connectivity index is -0.00000200. The Morgan fingerprint density at radius 2 is 0.759 bits per heavy atom. The van der Waals surface area contributed by atoms with E-state index in [1.54, 1.807) is 0 Å². The minimum absolute atomic E-state index is 0. The summed E-state index contributed by atoms with van der Waals surface area (Å²) in [4.78, 5) is 48.6. The summed E-state index contributed by atoms with van der Waals surface area (Å²) in [5.74, 6) is -4.62. The van der Waals surface area contributed by atoms with E-state index in [2.05, 4.69) is 47.6 Å². The van der Waals surface area contributed by atoms with E-state index in [-0.39, 0.29) is 131 Å². The van der Waals surface area contributed by atoms with Crippen LogP contribution in [0.3, 0.4) is 0 Å². The normalized spacial score (nSPS) is 11.5. The third-order valence-corrected chi connectivity index (χ3v) is 9.78. The summed E-state index contributed by atoms with van der Waals surface area (Å²) < 4.78 is 42.2. The monoisotopic (exact) mass is 822 g/mol. The van der Waals surface area contributed by atoms with Crippen molar-refractivity contribution in [1.82, 2.24) is 0 Å². The molecule has 0 aliphatic carbocycles. The number of carbonyl (C=O) groups excluding carboxylic acids is 4. The second-order valence-electron chi connectivity index (χ2n) is 13.5. The number of carbonyl (C=O) groups is 4. The number of hydrogen-bond donors (Lipinski definition) is 1. The zero-order chi connectivity index (χ0) is 37.1. The van der Waals surface area contributed by atoms with Crippen molar-refractivity contribution in [1.29, 1.82) is 0 Å². The average molecular weight is 823 g/mol. The van der Waals surface area contributed by atoms with Gasteiger partial charge in [-0.15, -0.1) is 0 Å². The maximum atomic E-state index is 12.3. The molecule has 9 nitrogen and oxygen atoms in total. The quantitative estimate of drug-likeness (QED) is 0.0170. The van der Waals surface area contributed by atoms with Crippen LogP contribution in [0.25, 0.3) is 0 Å². The van der Waals surface area contributed by atoms with Crippen molar-refractivity contribution in [2.24, 2.45) is 0 Å². The summed E-state index contributed by atoms with van der Waals surface area (Å²) in [5, 5.41) is -2.35. The molecule has 0 amide bonds. The van der Waals surface area contributed by atoms with Gasteiger partial charge in [0.2, 0.25) is 0 Å². The molecule has 1 N–H and O–H groups in total. The molecule has 14 heteroatoms. The summed E-state index contributed by atoms with van der Waals surface area (Å²) in [5.41, 5.74) is 0. The Morgan fingerprint density at radius 1 is 0.463 bits per heavy atom. The molecule has 0 aromatic carbocycles. The Labute approximate surface area is 418 Å². The number of rotatable bonds is 34. The van der Waals surface area contributed by atoms with Crippen LogP contribution in [-0.4, -0.2) is 160 Å². The molecule has 54 heavy (non-hydrogen) atoms. The van der Waals surface area contributed by atoms with E-state index >= 15 is 0 Å². The van der Waals surface area contributed by atoms with E-state index in [0.717, 1.165) is 77.0 Å². The van der Waals surface area contributed by atoms with Gasteiger partial charge in [-0.1, -0.05) is 141 Å². The van der Waals surface area contributed by atoms with Gasteiger partial charge in [-0.3, -0.25) is 23.7 Å². The van der Waals surface area contributed by atoms with Crippen LogP contribution in [0, 0.1) is 0 Å².